The van der Waals surface area contributed by atoms with Gasteiger partial charge < -0.3 is 9.72 Å². The van der Waals surface area contributed by atoms with Crippen molar-refractivity contribution < 1.29 is 14.3 Å². The van der Waals surface area contributed by atoms with Crippen LogP contribution >= 0.6 is 15.9 Å². The smallest absolute Gasteiger partial charge is 0.339 e. The molecule has 1 aromatic heterocycles. The van der Waals surface area contributed by atoms with Gasteiger partial charge in [-0.05, 0) is 30.3 Å². The van der Waals surface area contributed by atoms with Gasteiger partial charge in [0.05, 0.1) is 5.56 Å². The molecule has 1 heterocycles. The van der Waals surface area contributed by atoms with Gasteiger partial charge in [0, 0.05) is 32.7 Å². The molecule has 4 aromatic rings. The Morgan fingerprint density at radius 1 is 0.857 bits per heavy atom. The van der Waals surface area contributed by atoms with Gasteiger partial charge in [-0.3, -0.25) is 4.79 Å². The average Bonchev–Trinajstić information content (AvgIpc) is 3.17. The number of ketones is 1. The lowest BCUT2D eigenvalue weighted by molar-refractivity contribution is 0.0280. The van der Waals surface area contributed by atoms with Crippen LogP contribution in [0.1, 0.15) is 32.4 Å². The lowest BCUT2D eigenvalue weighted by Gasteiger charge is -2.17. The highest BCUT2D eigenvalue weighted by atomic mass is 79.9. The summed E-state index contributed by atoms with van der Waals surface area (Å²) in [6.07, 6.45) is 0.632. The molecular weight excluding hydrogens is 418 g/mol. The summed E-state index contributed by atoms with van der Waals surface area (Å²) in [6.45, 7) is 0. The van der Waals surface area contributed by atoms with Crippen molar-refractivity contribution in [3.05, 3.63) is 106 Å². The van der Waals surface area contributed by atoms with Gasteiger partial charge in [0.25, 0.3) is 0 Å². The molecular formula is C23H16BrNO3. The maximum absolute atomic E-state index is 13.3. The highest BCUT2D eigenvalue weighted by molar-refractivity contribution is 9.10. The highest BCUT2D eigenvalue weighted by Gasteiger charge is 2.28. The lowest BCUT2D eigenvalue weighted by Crippen LogP contribution is -2.20. The molecule has 138 valence electrons. The van der Waals surface area contributed by atoms with Crippen LogP contribution in [0.15, 0.2) is 89.5 Å². The number of para-hydroxylation sites is 1. The van der Waals surface area contributed by atoms with Gasteiger partial charge in [-0.2, -0.15) is 0 Å². The van der Waals surface area contributed by atoms with Crippen molar-refractivity contribution >= 4 is 38.6 Å². The topological polar surface area (TPSA) is 59.2 Å². The number of esters is 1. The number of Topliss-reactive ketones (excluding diaryl/α,β-unsaturated/α-hetero) is 1. The molecule has 0 amide bonds. The Hall–Kier alpha value is -3.18. The van der Waals surface area contributed by atoms with Crippen LogP contribution in [0.5, 0.6) is 0 Å². The van der Waals surface area contributed by atoms with Crippen molar-refractivity contribution in [1.82, 2.24) is 4.98 Å². The zero-order valence-electron chi connectivity index (χ0n) is 14.8. The van der Waals surface area contributed by atoms with Crippen LogP contribution in [0.2, 0.25) is 0 Å². The van der Waals surface area contributed by atoms with E-state index in [4.69, 9.17) is 4.74 Å². The van der Waals surface area contributed by atoms with Gasteiger partial charge in [0.15, 0.2) is 6.10 Å². The minimum Gasteiger partial charge on any atom is -0.445 e. The number of carbonyl (C=O) groups excluding carboxylic acids is 2. The van der Waals surface area contributed by atoms with E-state index in [9.17, 15) is 9.59 Å². The van der Waals surface area contributed by atoms with Gasteiger partial charge in [-0.25, -0.2) is 4.79 Å². The fraction of sp³-hybridized carbons (Fsp3) is 0.0435. The molecule has 0 radical (unpaired) electrons. The predicted octanol–water partition coefficient (Wildman–Crippen LogP) is 5.71. The minimum absolute atomic E-state index is 0.269. The second-order valence-corrected chi connectivity index (χ2v) is 7.23. The molecule has 5 heteroatoms. The van der Waals surface area contributed by atoms with E-state index in [0.717, 1.165) is 15.4 Å². The fourth-order valence-corrected chi connectivity index (χ4v) is 3.34. The molecule has 0 aliphatic heterocycles. The third-order valence-electron chi connectivity index (χ3n) is 4.50. The van der Waals surface area contributed by atoms with E-state index < -0.39 is 12.1 Å². The number of benzene rings is 3. The van der Waals surface area contributed by atoms with Crippen molar-refractivity contribution in [2.75, 3.05) is 0 Å². The number of fused-ring (bicyclic) bond motifs is 1. The van der Waals surface area contributed by atoms with Crippen molar-refractivity contribution in [3.63, 3.8) is 0 Å². The van der Waals surface area contributed by atoms with E-state index in [1.807, 2.05) is 42.5 Å². The van der Waals surface area contributed by atoms with Gasteiger partial charge >= 0.3 is 5.97 Å². The first kappa shape index (κ1) is 18.2. The van der Waals surface area contributed by atoms with Gasteiger partial charge in [0.2, 0.25) is 5.78 Å². The molecule has 4 rings (SSSR count). The van der Waals surface area contributed by atoms with Crippen LogP contribution in [0.25, 0.3) is 10.9 Å². The first-order valence-corrected chi connectivity index (χ1v) is 9.54. The van der Waals surface area contributed by atoms with Gasteiger partial charge in [-0.15, -0.1) is 0 Å². The quantitative estimate of drug-likeness (QED) is 0.323. The number of H-pyrrole nitrogens is 1. The van der Waals surface area contributed by atoms with Crippen molar-refractivity contribution in [2.45, 2.75) is 6.10 Å². The third-order valence-corrected chi connectivity index (χ3v) is 5.03. The highest BCUT2D eigenvalue weighted by Crippen LogP contribution is 2.28. The summed E-state index contributed by atoms with van der Waals surface area (Å²) in [5.41, 5.74) is 2.36. The van der Waals surface area contributed by atoms with E-state index in [2.05, 4.69) is 20.9 Å². The number of aromatic nitrogens is 1. The molecule has 0 aliphatic rings. The first-order chi connectivity index (χ1) is 13.6. The molecule has 0 unspecified atom stereocenters. The zero-order chi connectivity index (χ0) is 19.5. The molecule has 1 N–H and O–H groups in total. The molecule has 0 saturated heterocycles. The van der Waals surface area contributed by atoms with Crippen LogP contribution in [-0.4, -0.2) is 16.7 Å². The predicted molar refractivity (Wildman–Crippen MR) is 111 cm³/mol. The SMILES string of the molecule is O=C(O[C@@H](C(=O)c1c[nH]c2ccccc12)c1ccccc1)c1ccc(Br)cc1. The fourth-order valence-electron chi connectivity index (χ4n) is 3.08. The number of halogens is 1. The molecule has 0 fully saturated rings. The molecule has 0 bridgehead atoms. The minimum atomic E-state index is -1.03. The Morgan fingerprint density at radius 3 is 2.29 bits per heavy atom. The summed E-state index contributed by atoms with van der Waals surface area (Å²) in [6, 6.07) is 23.4. The maximum atomic E-state index is 13.3. The van der Waals surface area contributed by atoms with E-state index in [1.54, 1.807) is 42.6 Å². The second-order valence-electron chi connectivity index (χ2n) is 6.32. The number of ether oxygens (including phenoxy) is 1. The molecule has 28 heavy (non-hydrogen) atoms. The van der Waals surface area contributed by atoms with Crippen LogP contribution in [0, 0.1) is 0 Å². The summed E-state index contributed by atoms with van der Waals surface area (Å²) >= 11 is 3.34. The van der Waals surface area contributed by atoms with Crippen LogP contribution in [-0.2, 0) is 4.74 Å². The Morgan fingerprint density at radius 2 is 1.54 bits per heavy atom. The van der Waals surface area contributed by atoms with Gasteiger partial charge in [0.1, 0.15) is 0 Å². The number of rotatable bonds is 5. The average molecular weight is 434 g/mol. The number of carbonyl (C=O) groups is 2. The third kappa shape index (κ3) is 3.62. The molecule has 0 saturated carbocycles. The number of hydrogen-bond donors (Lipinski definition) is 1. The zero-order valence-corrected chi connectivity index (χ0v) is 16.3. The molecule has 0 spiro atoms. The normalized spacial score (nSPS) is 11.9. The maximum Gasteiger partial charge on any atom is 0.339 e. The Kier molecular flexibility index (Phi) is 5.08. The summed E-state index contributed by atoms with van der Waals surface area (Å²) in [5, 5.41) is 0.799. The molecule has 0 aliphatic carbocycles. The van der Waals surface area contributed by atoms with E-state index in [0.29, 0.717) is 16.7 Å². The Balaban J connectivity index is 1.70. The molecule has 3 aromatic carbocycles. The summed E-state index contributed by atoms with van der Waals surface area (Å²) in [5.74, 6) is -0.816. The monoisotopic (exact) mass is 433 g/mol. The van der Waals surface area contributed by atoms with Crippen LogP contribution in [0.3, 0.4) is 0 Å². The molecule has 4 nitrogen and oxygen atoms in total. The van der Waals surface area contributed by atoms with E-state index in [1.165, 1.54) is 0 Å². The number of aromatic amines is 1. The van der Waals surface area contributed by atoms with Crippen molar-refractivity contribution in [1.29, 1.82) is 0 Å². The summed E-state index contributed by atoms with van der Waals surface area (Å²) < 4.78 is 6.54. The van der Waals surface area contributed by atoms with Crippen LogP contribution < -0.4 is 0 Å². The van der Waals surface area contributed by atoms with Crippen molar-refractivity contribution in [3.8, 4) is 0 Å². The van der Waals surface area contributed by atoms with Crippen LogP contribution in [0.4, 0.5) is 0 Å². The summed E-state index contributed by atoms with van der Waals surface area (Å²) in [4.78, 5) is 29.1. The number of hydrogen-bond acceptors (Lipinski definition) is 3. The van der Waals surface area contributed by atoms with Crippen molar-refractivity contribution in [2.24, 2.45) is 0 Å². The second kappa shape index (κ2) is 7.82. The van der Waals surface area contributed by atoms with E-state index in [-0.39, 0.29) is 5.78 Å². The van der Waals surface area contributed by atoms with E-state index >= 15 is 0 Å². The lowest BCUT2D eigenvalue weighted by atomic mass is 9.99. The largest absolute Gasteiger partial charge is 0.445 e. The Bertz CT molecular complexity index is 1130. The molecule has 1 atom stereocenters. The number of nitrogens with one attached hydrogen (secondary N) is 1. The first-order valence-electron chi connectivity index (χ1n) is 8.75. The Labute approximate surface area is 170 Å². The standard InChI is InChI=1S/C23H16BrNO3/c24-17-12-10-16(11-13-17)23(27)28-22(15-6-2-1-3-7-15)21(26)19-14-25-20-9-5-4-8-18(19)20/h1-14,22,25H/t22-/m1/s1. The van der Waals surface area contributed by atoms with Gasteiger partial charge in [-0.1, -0.05) is 64.5 Å². The summed E-state index contributed by atoms with van der Waals surface area (Å²) in [7, 11) is 0.